The Bertz CT molecular complexity index is 638. The maximum absolute atomic E-state index is 11.4. The lowest BCUT2D eigenvalue weighted by Crippen LogP contribution is -2.08. The summed E-state index contributed by atoms with van der Waals surface area (Å²) in [5.41, 5.74) is 6.22. The zero-order valence-electron chi connectivity index (χ0n) is 10.6. The van der Waals surface area contributed by atoms with E-state index in [9.17, 15) is 9.90 Å². The van der Waals surface area contributed by atoms with Crippen LogP contribution in [0.15, 0.2) is 22.2 Å². The highest BCUT2D eigenvalue weighted by atomic mass is 79.9. The number of hydrogen-bond donors (Lipinski definition) is 1. The van der Waals surface area contributed by atoms with Crippen molar-refractivity contribution in [3.8, 4) is 0 Å². The van der Waals surface area contributed by atoms with Crippen molar-refractivity contribution >= 4 is 27.5 Å². The molecule has 19 heavy (non-hydrogen) atoms. The van der Waals surface area contributed by atoms with E-state index >= 15 is 0 Å². The van der Waals surface area contributed by atoms with Crippen LogP contribution in [0.5, 0.6) is 0 Å². The lowest BCUT2D eigenvalue weighted by Gasteiger charge is -2.24. The van der Waals surface area contributed by atoms with Gasteiger partial charge in [-0.25, -0.2) is 4.79 Å². The fraction of sp³-hybridized carbons (Fsp3) is 0.438. The maximum Gasteiger partial charge on any atom is 0.335 e. The predicted molar refractivity (Wildman–Crippen MR) is 77.2 cm³/mol. The molecule has 0 aliphatic heterocycles. The molecule has 0 atom stereocenters. The van der Waals surface area contributed by atoms with E-state index in [1.165, 1.54) is 36.0 Å². The van der Waals surface area contributed by atoms with E-state index in [2.05, 4.69) is 15.9 Å². The second-order valence-corrected chi connectivity index (χ2v) is 7.04. The van der Waals surface area contributed by atoms with Gasteiger partial charge in [-0.2, -0.15) is 0 Å². The van der Waals surface area contributed by atoms with Crippen LogP contribution in [0.2, 0.25) is 0 Å². The van der Waals surface area contributed by atoms with Gasteiger partial charge in [-0.05, 0) is 72.8 Å². The molecule has 3 aliphatic rings. The summed E-state index contributed by atoms with van der Waals surface area (Å²) in [6, 6.07) is 3.63. The number of carboxylic acids is 1. The average molecular weight is 319 g/mol. The number of rotatable bonds is 1. The first kappa shape index (κ1) is 11.7. The Labute approximate surface area is 120 Å². The molecular weight excluding hydrogens is 304 g/mol. The van der Waals surface area contributed by atoms with Crippen LogP contribution in [0.25, 0.3) is 5.57 Å². The van der Waals surface area contributed by atoms with Gasteiger partial charge in [0.05, 0.1) is 5.56 Å². The van der Waals surface area contributed by atoms with Crippen molar-refractivity contribution in [2.45, 2.75) is 38.5 Å². The number of carbonyl (C=O) groups is 1. The van der Waals surface area contributed by atoms with E-state index in [0.29, 0.717) is 11.0 Å². The summed E-state index contributed by atoms with van der Waals surface area (Å²) in [4.78, 5) is 11.4. The first-order valence-corrected chi connectivity index (χ1v) is 7.65. The highest BCUT2D eigenvalue weighted by Crippen LogP contribution is 2.61. The number of allylic oxidation sites excluding steroid dienone is 2. The third-order valence-corrected chi connectivity index (χ3v) is 5.74. The third kappa shape index (κ3) is 1.64. The van der Waals surface area contributed by atoms with E-state index in [0.717, 1.165) is 29.3 Å². The van der Waals surface area contributed by atoms with Gasteiger partial charge in [-0.15, -0.1) is 0 Å². The Morgan fingerprint density at radius 3 is 2.74 bits per heavy atom. The van der Waals surface area contributed by atoms with Crippen molar-refractivity contribution in [3.05, 3.63) is 38.9 Å². The Kier molecular flexibility index (Phi) is 2.29. The number of benzene rings is 1. The molecule has 1 fully saturated rings. The minimum atomic E-state index is -0.801. The van der Waals surface area contributed by atoms with Crippen LogP contribution < -0.4 is 0 Å². The number of aromatic carboxylic acids is 1. The van der Waals surface area contributed by atoms with Gasteiger partial charge in [0.15, 0.2) is 0 Å². The number of halogens is 1. The molecule has 0 bridgehead atoms. The average Bonchev–Trinajstić information content (AvgIpc) is 3.00. The van der Waals surface area contributed by atoms with E-state index in [-0.39, 0.29) is 0 Å². The molecule has 0 saturated heterocycles. The summed E-state index contributed by atoms with van der Waals surface area (Å²) in [6.45, 7) is 0. The Balaban J connectivity index is 1.87. The molecule has 3 heteroatoms. The molecule has 0 amide bonds. The van der Waals surface area contributed by atoms with E-state index in [1.54, 1.807) is 6.07 Å². The molecule has 0 aromatic heterocycles. The van der Waals surface area contributed by atoms with Gasteiger partial charge in [-0.3, -0.25) is 0 Å². The molecule has 4 rings (SSSR count). The summed E-state index contributed by atoms with van der Waals surface area (Å²) >= 11 is 3.62. The van der Waals surface area contributed by atoms with E-state index < -0.39 is 5.97 Å². The highest BCUT2D eigenvalue weighted by molar-refractivity contribution is 9.10. The fourth-order valence-corrected chi connectivity index (χ4v) is 4.37. The smallest absolute Gasteiger partial charge is 0.335 e. The number of carboxylic acid groups (broad SMARTS) is 1. The molecule has 1 saturated carbocycles. The number of hydrogen-bond acceptors (Lipinski definition) is 1. The molecule has 2 nitrogen and oxygen atoms in total. The quantitative estimate of drug-likeness (QED) is 0.832. The fourth-order valence-electron chi connectivity index (χ4n) is 3.76. The largest absolute Gasteiger partial charge is 0.478 e. The van der Waals surface area contributed by atoms with Crippen LogP contribution >= 0.6 is 15.9 Å². The normalized spacial score (nSPS) is 22.4. The second kappa shape index (κ2) is 3.72. The van der Waals surface area contributed by atoms with E-state index in [1.807, 2.05) is 6.07 Å². The van der Waals surface area contributed by atoms with Crippen molar-refractivity contribution in [1.82, 2.24) is 0 Å². The molecule has 1 N–H and O–H groups in total. The molecule has 1 aromatic rings. The molecule has 98 valence electrons. The minimum Gasteiger partial charge on any atom is -0.478 e. The Morgan fingerprint density at radius 1 is 1.26 bits per heavy atom. The van der Waals surface area contributed by atoms with Crippen LogP contribution in [0.1, 0.15) is 53.6 Å². The van der Waals surface area contributed by atoms with Crippen molar-refractivity contribution in [2.24, 2.45) is 5.41 Å². The first-order chi connectivity index (χ1) is 9.10. The third-order valence-electron chi connectivity index (χ3n) is 5.08. The van der Waals surface area contributed by atoms with Crippen LogP contribution in [0.3, 0.4) is 0 Å². The summed E-state index contributed by atoms with van der Waals surface area (Å²) in [7, 11) is 0. The monoisotopic (exact) mass is 318 g/mol. The molecule has 0 radical (unpaired) electrons. The van der Waals surface area contributed by atoms with Gasteiger partial charge in [0.25, 0.3) is 0 Å². The topological polar surface area (TPSA) is 37.3 Å². The molecule has 1 aromatic carbocycles. The first-order valence-electron chi connectivity index (χ1n) is 6.86. The zero-order chi connectivity index (χ0) is 13.2. The zero-order valence-corrected chi connectivity index (χ0v) is 12.2. The Morgan fingerprint density at radius 2 is 2.05 bits per heavy atom. The van der Waals surface area contributed by atoms with Gasteiger partial charge < -0.3 is 5.11 Å². The molecule has 0 heterocycles. The Hall–Kier alpha value is -1.09. The standard InChI is InChI=1S/C16H15BrO2/c17-13-2-1-10(15(18)19)11-7-9-3-4-16(5-6-16)8-12(9)14(11)13/h1-2H,3-8H2,(H,18,19). The lowest BCUT2D eigenvalue weighted by molar-refractivity contribution is 0.0696. The van der Waals surface area contributed by atoms with Crippen molar-refractivity contribution in [1.29, 1.82) is 0 Å². The van der Waals surface area contributed by atoms with Gasteiger partial charge in [0.1, 0.15) is 0 Å². The molecule has 1 spiro atoms. The van der Waals surface area contributed by atoms with Gasteiger partial charge in [0, 0.05) is 4.47 Å². The van der Waals surface area contributed by atoms with Crippen LogP contribution in [-0.2, 0) is 6.42 Å². The second-order valence-electron chi connectivity index (χ2n) is 6.19. The van der Waals surface area contributed by atoms with Gasteiger partial charge in [-0.1, -0.05) is 21.5 Å². The summed E-state index contributed by atoms with van der Waals surface area (Å²) in [6.07, 6.45) is 7.19. The van der Waals surface area contributed by atoms with E-state index in [4.69, 9.17) is 0 Å². The van der Waals surface area contributed by atoms with Crippen molar-refractivity contribution in [2.75, 3.05) is 0 Å². The molecule has 3 aliphatic carbocycles. The van der Waals surface area contributed by atoms with Crippen LogP contribution in [0, 0.1) is 5.41 Å². The van der Waals surface area contributed by atoms with Gasteiger partial charge >= 0.3 is 5.97 Å². The maximum atomic E-state index is 11.4. The SMILES string of the molecule is O=C(O)c1ccc(Br)c2c1CC1=C2CC2(CC1)CC2. The molecule has 0 unspecified atom stereocenters. The number of fused-ring (bicyclic) bond motifs is 2. The highest BCUT2D eigenvalue weighted by Gasteiger charge is 2.47. The summed E-state index contributed by atoms with van der Waals surface area (Å²) in [5.74, 6) is -0.801. The lowest BCUT2D eigenvalue weighted by atomic mass is 9.81. The van der Waals surface area contributed by atoms with Crippen molar-refractivity contribution < 1.29 is 9.90 Å². The minimum absolute atomic E-state index is 0.484. The van der Waals surface area contributed by atoms with Crippen LogP contribution in [-0.4, -0.2) is 11.1 Å². The molecular formula is C16H15BrO2. The van der Waals surface area contributed by atoms with Crippen LogP contribution in [0.4, 0.5) is 0 Å². The summed E-state index contributed by atoms with van der Waals surface area (Å²) < 4.78 is 1.07. The van der Waals surface area contributed by atoms with Gasteiger partial charge in [0.2, 0.25) is 0 Å². The predicted octanol–water partition coefficient (Wildman–Crippen LogP) is 4.42. The van der Waals surface area contributed by atoms with Crippen molar-refractivity contribution in [3.63, 3.8) is 0 Å². The summed E-state index contributed by atoms with van der Waals surface area (Å²) in [5, 5.41) is 9.35.